The van der Waals surface area contributed by atoms with E-state index in [1.165, 1.54) is 18.2 Å². The molecule has 1 heterocycles. The summed E-state index contributed by atoms with van der Waals surface area (Å²) < 4.78 is 29.4. The molecule has 1 aromatic carbocycles. The standard InChI is InChI=1S/C17H20F2N2O/c1-4-8-20-17(22)16-11(2)9-12(3)21(16)10-13-14(18)6-5-7-15(13)19/h5-7,9H,4,8,10H2,1-3H3,(H,20,22). The first kappa shape index (κ1) is 16.2. The van der Waals surface area contributed by atoms with Crippen molar-refractivity contribution >= 4 is 5.91 Å². The van der Waals surface area contributed by atoms with Crippen LogP contribution < -0.4 is 5.32 Å². The molecular formula is C17H20F2N2O. The van der Waals surface area contributed by atoms with Gasteiger partial charge in [0.15, 0.2) is 0 Å². The minimum absolute atomic E-state index is 0.00689. The van der Waals surface area contributed by atoms with Gasteiger partial charge < -0.3 is 9.88 Å². The van der Waals surface area contributed by atoms with Gasteiger partial charge in [0.25, 0.3) is 5.91 Å². The lowest BCUT2D eigenvalue weighted by molar-refractivity contribution is 0.0943. The van der Waals surface area contributed by atoms with Crippen LogP contribution in [0.25, 0.3) is 0 Å². The molecule has 118 valence electrons. The summed E-state index contributed by atoms with van der Waals surface area (Å²) in [5.41, 5.74) is 2.00. The first-order valence-electron chi connectivity index (χ1n) is 7.33. The Labute approximate surface area is 129 Å². The zero-order valence-electron chi connectivity index (χ0n) is 13.0. The maximum absolute atomic E-state index is 13.9. The molecule has 0 fully saturated rings. The van der Waals surface area contributed by atoms with Crippen LogP contribution in [-0.2, 0) is 6.54 Å². The van der Waals surface area contributed by atoms with Crippen molar-refractivity contribution in [1.82, 2.24) is 9.88 Å². The van der Waals surface area contributed by atoms with Crippen molar-refractivity contribution < 1.29 is 13.6 Å². The van der Waals surface area contributed by atoms with Gasteiger partial charge in [0.2, 0.25) is 0 Å². The molecule has 3 nitrogen and oxygen atoms in total. The number of nitrogens with one attached hydrogen (secondary N) is 1. The Bertz CT molecular complexity index is 672. The lowest BCUT2D eigenvalue weighted by atomic mass is 10.2. The Morgan fingerprint density at radius 3 is 2.45 bits per heavy atom. The summed E-state index contributed by atoms with van der Waals surface area (Å²) in [7, 11) is 0. The summed E-state index contributed by atoms with van der Waals surface area (Å²) in [5, 5.41) is 2.81. The van der Waals surface area contributed by atoms with Crippen molar-refractivity contribution in [3.05, 3.63) is 58.4 Å². The highest BCUT2D eigenvalue weighted by atomic mass is 19.1. The third-order valence-electron chi connectivity index (χ3n) is 3.62. The van der Waals surface area contributed by atoms with Crippen molar-refractivity contribution in [2.24, 2.45) is 0 Å². The maximum Gasteiger partial charge on any atom is 0.268 e. The van der Waals surface area contributed by atoms with Crippen LogP contribution in [0.5, 0.6) is 0 Å². The normalized spacial score (nSPS) is 10.8. The van der Waals surface area contributed by atoms with E-state index in [2.05, 4.69) is 5.32 Å². The number of carbonyl (C=O) groups is 1. The third-order valence-corrected chi connectivity index (χ3v) is 3.62. The highest BCUT2D eigenvalue weighted by molar-refractivity contribution is 5.94. The molecule has 0 bridgehead atoms. The Morgan fingerprint density at radius 2 is 1.86 bits per heavy atom. The van der Waals surface area contributed by atoms with E-state index in [-0.39, 0.29) is 18.0 Å². The van der Waals surface area contributed by atoms with E-state index in [0.717, 1.165) is 17.7 Å². The van der Waals surface area contributed by atoms with Gasteiger partial charge in [-0.05, 0) is 44.0 Å². The van der Waals surface area contributed by atoms with Crippen molar-refractivity contribution in [2.75, 3.05) is 6.54 Å². The Kier molecular flexibility index (Phi) is 4.96. The molecular weight excluding hydrogens is 286 g/mol. The Morgan fingerprint density at radius 1 is 1.23 bits per heavy atom. The van der Waals surface area contributed by atoms with Crippen LogP contribution in [0.4, 0.5) is 8.78 Å². The summed E-state index contributed by atoms with van der Waals surface area (Å²) in [6.45, 7) is 6.17. The number of aryl methyl sites for hydroxylation is 2. The van der Waals surface area contributed by atoms with Crippen LogP contribution in [0.15, 0.2) is 24.3 Å². The summed E-state index contributed by atoms with van der Waals surface area (Å²) in [4.78, 5) is 12.3. The van der Waals surface area contributed by atoms with Crippen molar-refractivity contribution in [3.8, 4) is 0 Å². The smallest absolute Gasteiger partial charge is 0.268 e. The van der Waals surface area contributed by atoms with Gasteiger partial charge in [-0.15, -0.1) is 0 Å². The van der Waals surface area contributed by atoms with Crippen molar-refractivity contribution in [3.63, 3.8) is 0 Å². The summed E-state index contributed by atoms with van der Waals surface area (Å²) >= 11 is 0. The summed E-state index contributed by atoms with van der Waals surface area (Å²) in [5.74, 6) is -1.43. The van der Waals surface area contributed by atoms with Gasteiger partial charge in [-0.3, -0.25) is 4.79 Å². The van der Waals surface area contributed by atoms with Crippen LogP contribution in [0.2, 0.25) is 0 Å². The third kappa shape index (κ3) is 3.18. The van der Waals surface area contributed by atoms with Gasteiger partial charge in [0.1, 0.15) is 17.3 Å². The Balaban J connectivity index is 2.41. The van der Waals surface area contributed by atoms with Crippen LogP contribution in [0, 0.1) is 25.5 Å². The molecule has 0 atom stereocenters. The fourth-order valence-corrected chi connectivity index (χ4v) is 2.52. The molecule has 1 amide bonds. The van der Waals surface area contributed by atoms with Gasteiger partial charge in [0, 0.05) is 17.8 Å². The zero-order chi connectivity index (χ0) is 16.3. The minimum Gasteiger partial charge on any atom is -0.351 e. The molecule has 0 aliphatic rings. The molecule has 0 saturated carbocycles. The van der Waals surface area contributed by atoms with Gasteiger partial charge in [-0.25, -0.2) is 8.78 Å². The number of benzene rings is 1. The van der Waals surface area contributed by atoms with E-state index in [1.54, 1.807) is 4.57 Å². The highest BCUT2D eigenvalue weighted by Gasteiger charge is 2.19. The van der Waals surface area contributed by atoms with E-state index in [9.17, 15) is 13.6 Å². The molecule has 22 heavy (non-hydrogen) atoms. The molecule has 1 aromatic heterocycles. The number of hydrogen-bond donors (Lipinski definition) is 1. The van der Waals surface area contributed by atoms with E-state index in [1.807, 2.05) is 26.8 Å². The molecule has 0 radical (unpaired) electrons. The first-order valence-corrected chi connectivity index (χ1v) is 7.33. The maximum atomic E-state index is 13.9. The van der Waals surface area contributed by atoms with Crippen LogP contribution in [0.3, 0.4) is 0 Å². The fraction of sp³-hybridized carbons (Fsp3) is 0.353. The van der Waals surface area contributed by atoms with Crippen LogP contribution in [0.1, 0.15) is 40.7 Å². The average Bonchev–Trinajstić information content (AvgIpc) is 2.74. The number of halogens is 2. The van der Waals surface area contributed by atoms with E-state index in [4.69, 9.17) is 0 Å². The predicted octanol–water partition coefficient (Wildman–Crippen LogP) is 3.57. The molecule has 1 N–H and O–H groups in total. The van der Waals surface area contributed by atoms with E-state index in [0.29, 0.717) is 12.2 Å². The number of rotatable bonds is 5. The average molecular weight is 306 g/mol. The number of nitrogens with zero attached hydrogens (tertiary/aromatic N) is 1. The summed E-state index contributed by atoms with van der Waals surface area (Å²) in [6, 6.07) is 5.62. The van der Waals surface area contributed by atoms with Crippen molar-refractivity contribution in [1.29, 1.82) is 0 Å². The lowest BCUT2D eigenvalue weighted by Crippen LogP contribution is -2.28. The quantitative estimate of drug-likeness (QED) is 0.900. The van der Waals surface area contributed by atoms with E-state index < -0.39 is 11.6 Å². The second kappa shape index (κ2) is 6.73. The molecule has 0 spiro atoms. The van der Waals surface area contributed by atoms with Crippen LogP contribution >= 0.6 is 0 Å². The van der Waals surface area contributed by atoms with Gasteiger partial charge >= 0.3 is 0 Å². The minimum atomic E-state index is -0.606. The van der Waals surface area contributed by atoms with Gasteiger partial charge in [-0.1, -0.05) is 13.0 Å². The second-order valence-electron chi connectivity index (χ2n) is 5.36. The lowest BCUT2D eigenvalue weighted by Gasteiger charge is -2.13. The highest BCUT2D eigenvalue weighted by Crippen LogP contribution is 2.20. The topological polar surface area (TPSA) is 34.0 Å². The number of carbonyl (C=O) groups excluding carboxylic acids is 1. The van der Waals surface area contributed by atoms with Crippen molar-refractivity contribution in [2.45, 2.75) is 33.7 Å². The molecule has 2 aromatic rings. The van der Waals surface area contributed by atoms with Gasteiger partial charge in [-0.2, -0.15) is 0 Å². The summed E-state index contributed by atoms with van der Waals surface area (Å²) in [6.07, 6.45) is 0.826. The predicted molar refractivity (Wildman–Crippen MR) is 82.0 cm³/mol. The zero-order valence-corrected chi connectivity index (χ0v) is 13.0. The number of aromatic nitrogens is 1. The first-order chi connectivity index (χ1) is 10.5. The Hall–Kier alpha value is -2.17. The van der Waals surface area contributed by atoms with Crippen LogP contribution in [-0.4, -0.2) is 17.0 Å². The number of hydrogen-bond acceptors (Lipinski definition) is 1. The van der Waals surface area contributed by atoms with E-state index >= 15 is 0 Å². The molecule has 0 aliphatic heterocycles. The fourth-order valence-electron chi connectivity index (χ4n) is 2.52. The number of amides is 1. The SMILES string of the molecule is CCCNC(=O)c1c(C)cc(C)n1Cc1c(F)cccc1F. The molecule has 0 unspecified atom stereocenters. The molecule has 0 saturated heterocycles. The largest absolute Gasteiger partial charge is 0.351 e. The molecule has 2 rings (SSSR count). The molecule has 5 heteroatoms. The second-order valence-corrected chi connectivity index (χ2v) is 5.36. The monoisotopic (exact) mass is 306 g/mol. The van der Waals surface area contributed by atoms with Gasteiger partial charge in [0.05, 0.1) is 6.54 Å². The molecule has 0 aliphatic carbocycles.